The van der Waals surface area contributed by atoms with Crippen molar-refractivity contribution in [2.75, 3.05) is 13.4 Å². The van der Waals surface area contributed by atoms with E-state index in [0.29, 0.717) is 23.2 Å². The molecule has 0 aliphatic carbocycles. The molecule has 0 bridgehead atoms. The van der Waals surface area contributed by atoms with Gasteiger partial charge >= 0.3 is 0 Å². The third-order valence-corrected chi connectivity index (χ3v) is 6.19. The largest absolute Gasteiger partial charge is 0.481 e. The zero-order valence-corrected chi connectivity index (χ0v) is 19.0. The van der Waals surface area contributed by atoms with Gasteiger partial charge in [-0.05, 0) is 47.5 Å². The number of pyridine rings is 1. The highest BCUT2D eigenvalue weighted by Crippen LogP contribution is 2.13. The Balaban J connectivity index is 1.58. The van der Waals surface area contributed by atoms with E-state index < -0.39 is 9.84 Å². The Morgan fingerprint density at radius 1 is 1.00 bits per heavy atom. The minimum atomic E-state index is -3.27. The van der Waals surface area contributed by atoms with Gasteiger partial charge in [0, 0.05) is 30.5 Å². The lowest BCUT2D eigenvalue weighted by Crippen LogP contribution is -2.21. The van der Waals surface area contributed by atoms with Crippen LogP contribution in [0.15, 0.2) is 76.8 Å². The number of methoxy groups -OCH3 is 1. The van der Waals surface area contributed by atoms with Crippen LogP contribution in [0, 0.1) is 11.8 Å². The first-order chi connectivity index (χ1) is 15.8. The Kier molecular flexibility index (Phi) is 6.24. The SMILES string of the molecule is COc1cc(CC#Cc2ccc3ncn(Cc4ccc(S(C)(=O)=O)cc4)c(=O)c3c2)ccn1. The van der Waals surface area contributed by atoms with Crippen LogP contribution in [0.1, 0.15) is 16.7 Å². The summed E-state index contributed by atoms with van der Waals surface area (Å²) in [5.74, 6) is 6.75. The summed E-state index contributed by atoms with van der Waals surface area (Å²) in [4.78, 5) is 21.7. The highest BCUT2D eigenvalue weighted by atomic mass is 32.2. The molecule has 0 amide bonds. The van der Waals surface area contributed by atoms with Crippen molar-refractivity contribution in [3.05, 3.63) is 94.2 Å². The Labute approximate surface area is 191 Å². The number of rotatable bonds is 5. The number of fused-ring (bicyclic) bond motifs is 1. The van der Waals surface area contributed by atoms with Crippen molar-refractivity contribution in [3.8, 4) is 17.7 Å². The molecular formula is C25H21N3O4S. The molecule has 0 spiro atoms. The summed E-state index contributed by atoms with van der Waals surface area (Å²) in [6, 6.07) is 15.5. The first-order valence-corrected chi connectivity index (χ1v) is 12.0. The van der Waals surface area contributed by atoms with Crippen molar-refractivity contribution >= 4 is 20.7 Å². The molecule has 0 unspecified atom stereocenters. The Bertz CT molecular complexity index is 1550. The lowest BCUT2D eigenvalue weighted by Gasteiger charge is -2.08. The minimum absolute atomic E-state index is 0.185. The van der Waals surface area contributed by atoms with Crippen LogP contribution >= 0.6 is 0 Å². The Hall–Kier alpha value is -3.96. The van der Waals surface area contributed by atoms with Gasteiger partial charge in [-0.1, -0.05) is 24.0 Å². The molecule has 0 saturated heterocycles. The second kappa shape index (κ2) is 9.27. The number of benzene rings is 2. The lowest BCUT2D eigenvalue weighted by molar-refractivity contribution is 0.397. The number of hydrogen-bond acceptors (Lipinski definition) is 6. The summed E-state index contributed by atoms with van der Waals surface area (Å²) in [7, 11) is -1.70. The van der Waals surface area contributed by atoms with Gasteiger partial charge in [0.1, 0.15) is 0 Å². The molecule has 0 aliphatic heterocycles. The summed E-state index contributed by atoms with van der Waals surface area (Å²) < 4.78 is 29.9. The number of nitrogens with zero attached hydrogens (tertiary/aromatic N) is 3. The molecule has 2 aromatic heterocycles. The monoisotopic (exact) mass is 459 g/mol. The van der Waals surface area contributed by atoms with Crippen molar-refractivity contribution in [1.29, 1.82) is 0 Å². The first-order valence-electron chi connectivity index (χ1n) is 10.1. The molecule has 7 nitrogen and oxygen atoms in total. The second-order valence-electron chi connectivity index (χ2n) is 7.51. The fourth-order valence-electron chi connectivity index (χ4n) is 3.31. The maximum atomic E-state index is 13.0. The molecule has 0 saturated carbocycles. The molecule has 2 heterocycles. The molecule has 8 heteroatoms. The van der Waals surface area contributed by atoms with Gasteiger partial charge in [-0.25, -0.2) is 18.4 Å². The molecule has 0 N–H and O–H groups in total. The third kappa shape index (κ3) is 5.27. The van der Waals surface area contributed by atoms with Crippen LogP contribution in [0.4, 0.5) is 0 Å². The molecule has 0 radical (unpaired) electrons. The van der Waals surface area contributed by atoms with E-state index in [4.69, 9.17) is 4.74 Å². The number of aromatic nitrogens is 3. The minimum Gasteiger partial charge on any atom is -0.481 e. The molecule has 0 atom stereocenters. The fraction of sp³-hybridized carbons (Fsp3) is 0.160. The summed E-state index contributed by atoms with van der Waals surface area (Å²) in [6.45, 7) is 0.283. The van der Waals surface area contributed by atoms with Gasteiger partial charge in [0.15, 0.2) is 9.84 Å². The van der Waals surface area contributed by atoms with Crippen molar-refractivity contribution < 1.29 is 13.2 Å². The highest BCUT2D eigenvalue weighted by Gasteiger charge is 2.08. The molecular weight excluding hydrogens is 438 g/mol. The number of ether oxygens (including phenoxy) is 1. The number of hydrogen-bond donors (Lipinski definition) is 0. The normalized spacial score (nSPS) is 11.1. The van der Waals surface area contributed by atoms with Gasteiger partial charge in [0.25, 0.3) is 5.56 Å². The summed E-state index contributed by atoms with van der Waals surface area (Å²) in [5, 5.41) is 0.475. The maximum Gasteiger partial charge on any atom is 0.261 e. The molecule has 4 rings (SSSR count). The van der Waals surface area contributed by atoms with Crippen molar-refractivity contribution in [2.45, 2.75) is 17.9 Å². The van der Waals surface area contributed by atoms with E-state index in [1.54, 1.807) is 37.6 Å². The van der Waals surface area contributed by atoms with Gasteiger partial charge in [-0.3, -0.25) is 9.36 Å². The maximum absolute atomic E-state index is 13.0. The standard InChI is InChI=1S/C25H21N3O4S/c1-32-24-15-19(12-13-26-24)5-3-4-18-8-11-23-22(14-18)25(29)28(17-27-23)16-20-6-9-21(10-7-20)33(2,30)31/h6-15,17H,5,16H2,1-2H3. The van der Waals surface area contributed by atoms with Crippen LogP contribution < -0.4 is 10.3 Å². The smallest absolute Gasteiger partial charge is 0.261 e. The molecule has 166 valence electrons. The van der Waals surface area contributed by atoms with Gasteiger partial charge in [0.2, 0.25) is 5.88 Å². The van der Waals surface area contributed by atoms with Crippen molar-refractivity contribution in [2.24, 2.45) is 0 Å². The van der Waals surface area contributed by atoms with E-state index in [1.165, 1.54) is 23.0 Å². The van der Waals surface area contributed by atoms with Crippen molar-refractivity contribution in [1.82, 2.24) is 14.5 Å². The average molecular weight is 460 g/mol. The third-order valence-electron chi connectivity index (χ3n) is 5.06. The van der Waals surface area contributed by atoms with Crippen LogP contribution in [-0.4, -0.2) is 36.3 Å². The molecule has 33 heavy (non-hydrogen) atoms. The molecule has 2 aromatic carbocycles. The quantitative estimate of drug-likeness (QED) is 0.426. The summed E-state index contributed by atoms with van der Waals surface area (Å²) in [6.07, 6.45) is 4.86. The van der Waals surface area contributed by atoms with E-state index in [9.17, 15) is 13.2 Å². The predicted octanol–water partition coefficient (Wildman–Crippen LogP) is 2.85. The van der Waals surface area contributed by atoms with Gasteiger partial charge in [-0.15, -0.1) is 0 Å². The van der Waals surface area contributed by atoms with E-state index in [2.05, 4.69) is 21.8 Å². The van der Waals surface area contributed by atoms with Crippen LogP contribution in [0.5, 0.6) is 5.88 Å². The Morgan fingerprint density at radius 3 is 2.52 bits per heavy atom. The van der Waals surface area contributed by atoms with E-state index >= 15 is 0 Å². The van der Waals surface area contributed by atoms with Crippen LogP contribution in [0.25, 0.3) is 10.9 Å². The molecule has 0 aliphatic rings. The van der Waals surface area contributed by atoms with Crippen LogP contribution in [-0.2, 0) is 22.8 Å². The molecule has 0 fully saturated rings. The van der Waals surface area contributed by atoms with Gasteiger partial charge in [0.05, 0.1) is 35.8 Å². The number of sulfone groups is 1. The zero-order chi connectivity index (χ0) is 23.4. The van der Waals surface area contributed by atoms with E-state index in [0.717, 1.165) is 22.9 Å². The fourth-order valence-corrected chi connectivity index (χ4v) is 3.94. The predicted molar refractivity (Wildman–Crippen MR) is 126 cm³/mol. The van der Waals surface area contributed by atoms with Crippen LogP contribution in [0.3, 0.4) is 0 Å². The van der Waals surface area contributed by atoms with E-state index in [-0.39, 0.29) is 17.0 Å². The van der Waals surface area contributed by atoms with Gasteiger partial charge in [-0.2, -0.15) is 0 Å². The van der Waals surface area contributed by atoms with Crippen molar-refractivity contribution in [3.63, 3.8) is 0 Å². The first kappa shape index (κ1) is 22.2. The van der Waals surface area contributed by atoms with Crippen LogP contribution in [0.2, 0.25) is 0 Å². The second-order valence-corrected chi connectivity index (χ2v) is 9.53. The Morgan fingerprint density at radius 2 is 1.79 bits per heavy atom. The average Bonchev–Trinajstić information content (AvgIpc) is 2.81. The molecule has 4 aromatic rings. The zero-order valence-electron chi connectivity index (χ0n) is 18.1. The lowest BCUT2D eigenvalue weighted by atomic mass is 10.1. The highest BCUT2D eigenvalue weighted by molar-refractivity contribution is 7.90. The summed E-state index contributed by atoms with van der Waals surface area (Å²) >= 11 is 0. The van der Waals surface area contributed by atoms with Gasteiger partial charge < -0.3 is 4.74 Å². The van der Waals surface area contributed by atoms with E-state index in [1.807, 2.05) is 18.2 Å². The summed E-state index contributed by atoms with van der Waals surface area (Å²) in [5.41, 5.74) is 2.91. The topological polar surface area (TPSA) is 91.2 Å².